The summed E-state index contributed by atoms with van der Waals surface area (Å²) in [6.45, 7) is 3.59. The molecule has 1 fully saturated rings. The van der Waals surface area contributed by atoms with Gasteiger partial charge in [0.2, 0.25) is 5.91 Å². The van der Waals surface area contributed by atoms with Crippen LogP contribution in [-0.4, -0.2) is 43.3 Å². The van der Waals surface area contributed by atoms with Gasteiger partial charge in [0.05, 0.1) is 19.3 Å². The molecule has 0 atom stereocenters. The van der Waals surface area contributed by atoms with Gasteiger partial charge in [-0.25, -0.2) is 0 Å². The predicted molar refractivity (Wildman–Crippen MR) is 81.5 cm³/mol. The number of methoxy groups -OCH3 is 1. The Hall–Kier alpha value is -1.88. The van der Waals surface area contributed by atoms with Crippen molar-refractivity contribution in [1.29, 1.82) is 0 Å². The third-order valence-corrected chi connectivity index (χ3v) is 3.91. The van der Waals surface area contributed by atoms with E-state index in [-0.39, 0.29) is 17.6 Å². The average molecular weight is 290 g/mol. The minimum absolute atomic E-state index is 0.0548. The molecule has 1 N–H and O–H groups in total. The smallest absolute Gasteiger partial charge is 0.238 e. The van der Waals surface area contributed by atoms with Crippen molar-refractivity contribution in [2.75, 3.05) is 32.1 Å². The van der Waals surface area contributed by atoms with Crippen molar-refractivity contribution in [2.45, 2.75) is 19.8 Å². The molecule has 1 aliphatic heterocycles. The van der Waals surface area contributed by atoms with Gasteiger partial charge in [-0.3, -0.25) is 14.5 Å². The highest BCUT2D eigenvalue weighted by Crippen LogP contribution is 2.23. The Kier molecular flexibility index (Phi) is 5.33. The van der Waals surface area contributed by atoms with E-state index >= 15 is 0 Å². The first-order valence-electron chi connectivity index (χ1n) is 7.26. The van der Waals surface area contributed by atoms with E-state index in [1.54, 1.807) is 14.0 Å². The van der Waals surface area contributed by atoms with Crippen LogP contribution < -0.4 is 10.1 Å². The van der Waals surface area contributed by atoms with Gasteiger partial charge in [0.15, 0.2) is 0 Å². The zero-order chi connectivity index (χ0) is 15.2. The third kappa shape index (κ3) is 4.29. The first-order chi connectivity index (χ1) is 10.1. The number of nitrogens with zero attached hydrogens (tertiary/aromatic N) is 1. The lowest BCUT2D eigenvalue weighted by atomic mass is 9.93. The van der Waals surface area contributed by atoms with Crippen LogP contribution in [0, 0.1) is 5.92 Å². The molecule has 1 amide bonds. The van der Waals surface area contributed by atoms with Crippen molar-refractivity contribution in [2.24, 2.45) is 5.92 Å². The molecule has 0 aliphatic carbocycles. The molecule has 1 heterocycles. The number of Topliss-reactive ketones (excluding diaryl/α,β-unsaturated/α-hetero) is 1. The van der Waals surface area contributed by atoms with Crippen molar-refractivity contribution in [3.63, 3.8) is 0 Å². The van der Waals surface area contributed by atoms with Crippen molar-refractivity contribution < 1.29 is 14.3 Å². The lowest BCUT2D eigenvalue weighted by Gasteiger charge is -2.30. The number of nitrogens with one attached hydrogen (secondary N) is 1. The number of anilines is 1. The van der Waals surface area contributed by atoms with Crippen LogP contribution in [0.25, 0.3) is 0 Å². The Morgan fingerprint density at radius 2 is 1.95 bits per heavy atom. The van der Waals surface area contributed by atoms with Gasteiger partial charge in [0, 0.05) is 5.92 Å². The van der Waals surface area contributed by atoms with Crippen molar-refractivity contribution >= 4 is 17.4 Å². The zero-order valence-corrected chi connectivity index (χ0v) is 12.6. The van der Waals surface area contributed by atoms with Gasteiger partial charge in [-0.05, 0) is 45.0 Å². The van der Waals surface area contributed by atoms with Crippen molar-refractivity contribution in [3.05, 3.63) is 24.3 Å². The molecule has 1 aliphatic rings. The quantitative estimate of drug-likeness (QED) is 0.900. The summed E-state index contributed by atoms with van der Waals surface area (Å²) < 4.78 is 5.21. The average Bonchev–Trinajstić information content (AvgIpc) is 2.48. The van der Waals surface area contributed by atoms with Gasteiger partial charge in [-0.15, -0.1) is 0 Å². The Labute approximate surface area is 125 Å². The fourth-order valence-corrected chi connectivity index (χ4v) is 2.64. The van der Waals surface area contributed by atoms with E-state index in [1.165, 1.54) is 0 Å². The van der Waals surface area contributed by atoms with Gasteiger partial charge in [0.25, 0.3) is 0 Å². The second-order valence-electron chi connectivity index (χ2n) is 5.41. The topological polar surface area (TPSA) is 58.6 Å². The number of carbonyl (C=O) groups excluding carboxylic acids is 2. The zero-order valence-electron chi connectivity index (χ0n) is 12.6. The highest BCUT2D eigenvalue weighted by Gasteiger charge is 2.23. The van der Waals surface area contributed by atoms with Crippen LogP contribution in [0.3, 0.4) is 0 Å². The molecule has 0 saturated carbocycles. The second kappa shape index (κ2) is 7.22. The molecule has 0 unspecified atom stereocenters. The summed E-state index contributed by atoms with van der Waals surface area (Å²) in [5.41, 5.74) is 0.684. The number of para-hydroxylation sites is 2. The van der Waals surface area contributed by atoms with Crippen molar-refractivity contribution in [1.82, 2.24) is 4.90 Å². The second-order valence-corrected chi connectivity index (χ2v) is 5.41. The number of rotatable bonds is 5. The summed E-state index contributed by atoms with van der Waals surface area (Å²) in [5.74, 6) is 1.02. The van der Waals surface area contributed by atoms with Crippen LogP contribution in [0.15, 0.2) is 24.3 Å². The molecule has 5 nitrogen and oxygen atoms in total. The summed E-state index contributed by atoms with van der Waals surface area (Å²) >= 11 is 0. The monoisotopic (exact) mass is 290 g/mol. The number of hydrogen-bond acceptors (Lipinski definition) is 4. The number of amides is 1. The Morgan fingerprint density at radius 3 is 2.57 bits per heavy atom. The number of carbonyl (C=O) groups is 2. The lowest BCUT2D eigenvalue weighted by Crippen LogP contribution is -2.40. The van der Waals surface area contributed by atoms with Gasteiger partial charge in [-0.1, -0.05) is 12.1 Å². The van der Waals surface area contributed by atoms with Crippen LogP contribution in [0.1, 0.15) is 19.8 Å². The summed E-state index contributed by atoms with van der Waals surface area (Å²) in [7, 11) is 1.58. The molecule has 2 rings (SSSR count). The van der Waals surface area contributed by atoms with E-state index in [0.717, 1.165) is 25.9 Å². The molecular formula is C16H22N2O3. The van der Waals surface area contributed by atoms with E-state index in [9.17, 15) is 9.59 Å². The largest absolute Gasteiger partial charge is 0.495 e. The normalized spacial score (nSPS) is 16.5. The van der Waals surface area contributed by atoms with Crippen LogP contribution in [0.5, 0.6) is 5.75 Å². The fraction of sp³-hybridized carbons (Fsp3) is 0.500. The molecule has 1 saturated heterocycles. The number of piperidine rings is 1. The molecule has 114 valence electrons. The summed E-state index contributed by atoms with van der Waals surface area (Å²) in [6, 6.07) is 7.35. The van der Waals surface area contributed by atoms with Gasteiger partial charge >= 0.3 is 0 Å². The molecule has 1 aromatic carbocycles. The number of ketones is 1. The van der Waals surface area contributed by atoms with Crippen LogP contribution in [-0.2, 0) is 9.59 Å². The molecule has 21 heavy (non-hydrogen) atoms. The molecule has 5 heteroatoms. The highest BCUT2D eigenvalue weighted by molar-refractivity contribution is 5.93. The van der Waals surface area contributed by atoms with E-state index in [0.29, 0.717) is 18.0 Å². The number of benzene rings is 1. The summed E-state index contributed by atoms with van der Waals surface area (Å²) in [6.07, 6.45) is 1.69. The van der Waals surface area contributed by atoms with Crippen molar-refractivity contribution in [3.8, 4) is 5.75 Å². The number of likely N-dealkylation sites (tertiary alicyclic amines) is 1. The maximum absolute atomic E-state index is 12.1. The Bertz CT molecular complexity index is 508. The van der Waals surface area contributed by atoms with Crippen LogP contribution in [0.4, 0.5) is 5.69 Å². The van der Waals surface area contributed by atoms with E-state index in [4.69, 9.17) is 4.74 Å². The molecular weight excluding hydrogens is 268 g/mol. The molecule has 0 radical (unpaired) electrons. The first-order valence-corrected chi connectivity index (χ1v) is 7.26. The maximum Gasteiger partial charge on any atom is 0.238 e. The molecule has 1 aromatic rings. The van der Waals surface area contributed by atoms with Gasteiger partial charge in [0.1, 0.15) is 11.5 Å². The first kappa shape index (κ1) is 15.5. The lowest BCUT2D eigenvalue weighted by molar-refractivity contribution is -0.122. The van der Waals surface area contributed by atoms with Crippen LogP contribution in [0.2, 0.25) is 0 Å². The number of ether oxygens (including phenoxy) is 1. The minimum Gasteiger partial charge on any atom is -0.495 e. The Morgan fingerprint density at radius 1 is 1.29 bits per heavy atom. The molecule has 0 spiro atoms. The predicted octanol–water partition coefficient (Wildman–Crippen LogP) is 1.93. The standard InChI is InChI=1S/C16H22N2O3/c1-12(19)13-7-9-18(10-8-13)11-16(20)17-14-5-3-4-6-15(14)21-2/h3-6,13H,7-11H2,1-2H3,(H,17,20). The van der Waals surface area contributed by atoms with Crippen LogP contribution >= 0.6 is 0 Å². The van der Waals surface area contributed by atoms with Gasteiger partial charge in [-0.2, -0.15) is 0 Å². The minimum atomic E-state index is -0.0548. The number of hydrogen-bond donors (Lipinski definition) is 1. The van der Waals surface area contributed by atoms with Gasteiger partial charge < -0.3 is 10.1 Å². The fourth-order valence-electron chi connectivity index (χ4n) is 2.64. The van der Waals surface area contributed by atoms with E-state index in [2.05, 4.69) is 10.2 Å². The molecule has 0 bridgehead atoms. The van der Waals surface area contributed by atoms with E-state index in [1.807, 2.05) is 24.3 Å². The summed E-state index contributed by atoms with van der Waals surface area (Å²) in [5, 5.41) is 2.87. The highest BCUT2D eigenvalue weighted by atomic mass is 16.5. The SMILES string of the molecule is COc1ccccc1NC(=O)CN1CCC(C(C)=O)CC1. The third-order valence-electron chi connectivity index (χ3n) is 3.91. The van der Waals surface area contributed by atoms with E-state index < -0.39 is 0 Å². The Balaban J connectivity index is 1.84. The maximum atomic E-state index is 12.1. The molecule has 0 aromatic heterocycles. The summed E-state index contributed by atoms with van der Waals surface area (Å²) in [4.78, 5) is 25.5.